The molecule has 0 radical (unpaired) electrons. The maximum Gasteiger partial charge on any atom is 0.416 e. The van der Waals surface area contributed by atoms with Gasteiger partial charge >= 0.3 is 12.1 Å². The van der Waals surface area contributed by atoms with Crippen LogP contribution in [0.1, 0.15) is 33.2 Å². The van der Waals surface area contributed by atoms with E-state index >= 15 is 0 Å². The molecule has 0 atom stereocenters. The Morgan fingerprint density at radius 1 is 1.13 bits per heavy atom. The third-order valence-electron chi connectivity index (χ3n) is 4.35. The fraction of sp³-hybridized carbons (Fsp3) is 0.286. The SMILES string of the molecule is CCOC(=O)c1ccc2c(c1)sc(=NC(=O)c1cccc(C(F)(F)F)c1)n2CCOC. The molecule has 0 N–H and O–H groups in total. The number of alkyl halides is 3. The second-order valence-electron chi connectivity index (χ2n) is 6.43. The lowest BCUT2D eigenvalue weighted by Crippen LogP contribution is -2.19. The molecule has 0 fully saturated rings. The molecule has 0 bridgehead atoms. The first-order valence-electron chi connectivity index (χ1n) is 9.30. The first-order chi connectivity index (χ1) is 14.7. The normalized spacial score (nSPS) is 12.4. The fourth-order valence-corrected chi connectivity index (χ4v) is 3.97. The zero-order valence-electron chi connectivity index (χ0n) is 16.7. The Morgan fingerprint density at radius 3 is 2.58 bits per heavy atom. The van der Waals surface area contributed by atoms with Crippen LogP contribution in [0.3, 0.4) is 0 Å². The number of carbonyl (C=O) groups excluding carboxylic acids is 2. The highest BCUT2D eigenvalue weighted by Gasteiger charge is 2.30. The molecule has 0 unspecified atom stereocenters. The molecule has 164 valence electrons. The molecule has 0 aliphatic rings. The van der Waals surface area contributed by atoms with Gasteiger partial charge in [-0.1, -0.05) is 17.4 Å². The molecule has 3 rings (SSSR count). The van der Waals surface area contributed by atoms with Crippen LogP contribution in [0, 0.1) is 0 Å². The molecule has 0 saturated carbocycles. The van der Waals surface area contributed by atoms with E-state index in [1.54, 1.807) is 29.7 Å². The molecule has 0 saturated heterocycles. The van der Waals surface area contributed by atoms with Gasteiger partial charge < -0.3 is 14.0 Å². The Labute approximate surface area is 179 Å². The van der Waals surface area contributed by atoms with Crippen LogP contribution < -0.4 is 4.80 Å². The zero-order chi connectivity index (χ0) is 22.6. The molecular formula is C21H19F3N2O4S. The van der Waals surface area contributed by atoms with Crippen molar-refractivity contribution < 1.29 is 32.2 Å². The summed E-state index contributed by atoms with van der Waals surface area (Å²) in [7, 11) is 1.53. The number of rotatable bonds is 6. The van der Waals surface area contributed by atoms with E-state index in [0.29, 0.717) is 28.9 Å². The molecule has 0 spiro atoms. The van der Waals surface area contributed by atoms with Crippen LogP contribution in [-0.4, -0.2) is 36.8 Å². The summed E-state index contributed by atoms with van der Waals surface area (Å²) in [5.74, 6) is -1.27. The third-order valence-corrected chi connectivity index (χ3v) is 5.39. The van der Waals surface area contributed by atoms with Gasteiger partial charge in [-0.2, -0.15) is 18.2 Å². The topological polar surface area (TPSA) is 69.9 Å². The van der Waals surface area contributed by atoms with Gasteiger partial charge in [0.05, 0.1) is 34.6 Å². The Bertz CT molecular complexity index is 1180. The second-order valence-corrected chi connectivity index (χ2v) is 7.44. The standard InChI is InChI=1S/C21H19F3N2O4S/c1-3-30-19(28)14-7-8-16-17(12-14)31-20(26(16)9-10-29-2)25-18(27)13-5-4-6-15(11-13)21(22,23)24/h4-8,11-12H,3,9-10H2,1-2H3. The summed E-state index contributed by atoms with van der Waals surface area (Å²) in [5.41, 5.74) is -0.0232. The highest BCUT2D eigenvalue weighted by molar-refractivity contribution is 7.16. The van der Waals surface area contributed by atoms with Gasteiger partial charge in [0.25, 0.3) is 5.91 Å². The number of ether oxygens (including phenoxy) is 2. The lowest BCUT2D eigenvalue weighted by atomic mass is 10.1. The Hall–Kier alpha value is -2.98. The van der Waals surface area contributed by atoms with Crippen molar-refractivity contribution in [3.63, 3.8) is 0 Å². The summed E-state index contributed by atoms with van der Waals surface area (Å²) in [6.45, 7) is 2.64. The van der Waals surface area contributed by atoms with Crippen molar-refractivity contribution in [1.29, 1.82) is 0 Å². The summed E-state index contributed by atoms with van der Waals surface area (Å²) in [6, 6.07) is 9.07. The molecule has 1 aromatic heterocycles. The number of hydrogen-bond donors (Lipinski definition) is 0. The summed E-state index contributed by atoms with van der Waals surface area (Å²) in [6.07, 6.45) is -4.56. The number of amides is 1. The molecule has 6 nitrogen and oxygen atoms in total. The van der Waals surface area contributed by atoms with Gasteiger partial charge in [0.2, 0.25) is 0 Å². The number of fused-ring (bicyclic) bond motifs is 1. The molecule has 10 heteroatoms. The maximum absolute atomic E-state index is 13.0. The van der Waals surface area contributed by atoms with Gasteiger partial charge in [-0.15, -0.1) is 0 Å². The summed E-state index contributed by atoms with van der Waals surface area (Å²) in [5, 5.41) is 0. The molecule has 0 aliphatic carbocycles. The number of aromatic nitrogens is 1. The van der Waals surface area contributed by atoms with Crippen molar-refractivity contribution in [2.24, 2.45) is 4.99 Å². The molecule has 2 aromatic carbocycles. The van der Waals surface area contributed by atoms with Crippen molar-refractivity contribution in [1.82, 2.24) is 4.57 Å². The van der Waals surface area contributed by atoms with E-state index < -0.39 is 23.6 Å². The largest absolute Gasteiger partial charge is 0.462 e. The lowest BCUT2D eigenvalue weighted by molar-refractivity contribution is -0.137. The van der Waals surface area contributed by atoms with Crippen LogP contribution in [0.15, 0.2) is 47.5 Å². The van der Waals surface area contributed by atoms with E-state index in [0.717, 1.165) is 23.5 Å². The van der Waals surface area contributed by atoms with Crippen LogP contribution in [0.2, 0.25) is 0 Å². The van der Waals surface area contributed by atoms with E-state index in [1.165, 1.54) is 19.2 Å². The minimum absolute atomic E-state index is 0.169. The molecule has 1 amide bonds. The van der Waals surface area contributed by atoms with Gasteiger partial charge in [-0.05, 0) is 43.3 Å². The Balaban J connectivity index is 2.07. The van der Waals surface area contributed by atoms with Crippen LogP contribution in [0.5, 0.6) is 0 Å². The van der Waals surface area contributed by atoms with Gasteiger partial charge in [-0.25, -0.2) is 4.79 Å². The van der Waals surface area contributed by atoms with Crippen molar-refractivity contribution in [3.8, 4) is 0 Å². The second kappa shape index (κ2) is 9.44. The van der Waals surface area contributed by atoms with Crippen molar-refractivity contribution in [2.45, 2.75) is 19.6 Å². The third kappa shape index (κ3) is 5.20. The van der Waals surface area contributed by atoms with Crippen molar-refractivity contribution in [3.05, 3.63) is 64.0 Å². The summed E-state index contributed by atoms with van der Waals surface area (Å²) >= 11 is 1.15. The average molecular weight is 452 g/mol. The lowest BCUT2D eigenvalue weighted by Gasteiger charge is -2.07. The van der Waals surface area contributed by atoms with Crippen LogP contribution in [0.4, 0.5) is 13.2 Å². The van der Waals surface area contributed by atoms with Crippen LogP contribution in [-0.2, 0) is 22.2 Å². The van der Waals surface area contributed by atoms with Gasteiger partial charge in [-0.3, -0.25) is 4.79 Å². The predicted octanol–water partition coefficient (Wildman–Crippen LogP) is 4.29. The number of benzene rings is 2. The van der Waals surface area contributed by atoms with Crippen molar-refractivity contribution in [2.75, 3.05) is 20.3 Å². The Kier molecular flexibility index (Phi) is 6.91. The molecule has 1 heterocycles. The molecule has 0 aliphatic heterocycles. The van der Waals surface area contributed by atoms with Crippen LogP contribution >= 0.6 is 11.3 Å². The van der Waals surface area contributed by atoms with Crippen LogP contribution in [0.25, 0.3) is 10.2 Å². The van der Waals surface area contributed by atoms with E-state index in [9.17, 15) is 22.8 Å². The number of hydrogen-bond acceptors (Lipinski definition) is 5. The number of esters is 1. The fourth-order valence-electron chi connectivity index (χ4n) is 2.88. The summed E-state index contributed by atoms with van der Waals surface area (Å²) in [4.78, 5) is 29.0. The number of halogens is 3. The highest BCUT2D eigenvalue weighted by Crippen LogP contribution is 2.29. The number of methoxy groups -OCH3 is 1. The average Bonchev–Trinajstić information content (AvgIpc) is 3.07. The number of nitrogens with zero attached hydrogens (tertiary/aromatic N) is 2. The smallest absolute Gasteiger partial charge is 0.416 e. The number of carbonyl (C=O) groups is 2. The van der Waals surface area contributed by atoms with E-state index in [1.807, 2.05) is 0 Å². The van der Waals surface area contributed by atoms with Gasteiger partial charge in [0, 0.05) is 19.2 Å². The quantitative estimate of drug-likeness (QED) is 0.524. The maximum atomic E-state index is 13.0. The molecule has 31 heavy (non-hydrogen) atoms. The molecular weight excluding hydrogens is 433 g/mol. The van der Waals surface area contributed by atoms with Gasteiger partial charge in [0.15, 0.2) is 4.80 Å². The zero-order valence-corrected chi connectivity index (χ0v) is 17.5. The molecule has 3 aromatic rings. The summed E-state index contributed by atoms with van der Waals surface area (Å²) < 4.78 is 51.4. The number of thiazole rings is 1. The van der Waals surface area contributed by atoms with E-state index in [4.69, 9.17) is 9.47 Å². The van der Waals surface area contributed by atoms with Gasteiger partial charge in [0.1, 0.15) is 0 Å². The Morgan fingerprint density at radius 2 is 1.90 bits per heavy atom. The first kappa shape index (κ1) is 22.7. The predicted molar refractivity (Wildman–Crippen MR) is 109 cm³/mol. The highest BCUT2D eigenvalue weighted by atomic mass is 32.1. The van der Waals surface area contributed by atoms with E-state index in [-0.39, 0.29) is 17.0 Å². The van der Waals surface area contributed by atoms with Crippen molar-refractivity contribution >= 4 is 33.4 Å². The minimum Gasteiger partial charge on any atom is -0.462 e. The first-order valence-corrected chi connectivity index (χ1v) is 10.1. The monoisotopic (exact) mass is 452 g/mol. The minimum atomic E-state index is -4.56. The van der Waals surface area contributed by atoms with E-state index in [2.05, 4.69) is 4.99 Å².